The average molecular weight is 297 g/mol. The van der Waals surface area contributed by atoms with Crippen LogP contribution in [-0.4, -0.2) is 6.21 Å². The average Bonchev–Trinajstić information content (AvgIpc) is 2.43. The molecule has 0 aliphatic rings. The molecule has 0 saturated carbocycles. The van der Waals surface area contributed by atoms with E-state index < -0.39 is 17.6 Å². The van der Waals surface area contributed by atoms with Crippen LogP contribution < -0.4 is 0 Å². The Balaban J connectivity index is 2.01. The highest BCUT2D eigenvalue weighted by Gasteiger charge is 2.32. The maximum Gasteiger partial charge on any atom is 0.416 e. The summed E-state index contributed by atoms with van der Waals surface area (Å²) in [4.78, 5) is 4.85. The first kappa shape index (κ1) is 15.0. The third kappa shape index (κ3) is 4.30. The highest BCUT2D eigenvalue weighted by Crippen LogP contribution is 2.32. The standard InChI is InChI=1S/C15H11F4NO/c16-13-6-3-4-11(8-13)9-20-21-10-12-5-1-2-7-14(12)15(17,18)19/h1-9H,10H2. The zero-order chi connectivity index (χ0) is 15.3. The summed E-state index contributed by atoms with van der Waals surface area (Å²) >= 11 is 0. The van der Waals surface area contributed by atoms with Crippen molar-refractivity contribution in [3.63, 3.8) is 0 Å². The van der Waals surface area contributed by atoms with Gasteiger partial charge in [-0.25, -0.2) is 4.39 Å². The van der Waals surface area contributed by atoms with E-state index in [1.54, 1.807) is 6.07 Å². The number of hydrogen-bond donors (Lipinski definition) is 0. The van der Waals surface area contributed by atoms with Gasteiger partial charge in [-0.1, -0.05) is 35.5 Å². The smallest absolute Gasteiger partial charge is 0.391 e. The number of rotatable bonds is 4. The lowest BCUT2D eigenvalue weighted by atomic mass is 10.1. The van der Waals surface area contributed by atoms with Gasteiger partial charge in [-0.2, -0.15) is 13.2 Å². The molecule has 0 unspecified atom stereocenters. The van der Waals surface area contributed by atoms with Crippen molar-refractivity contribution in [2.45, 2.75) is 12.8 Å². The van der Waals surface area contributed by atoms with E-state index in [-0.39, 0.29) is 12.2 Å². The van der Waals surface area contributed by atoms with Crippen molar-refractivity contribution in [2.75, 3.05) is 0 Å². The van der Waals surface area contributed by atoms with Crippen molar-refractivity contribution in [1.29, 1.82) is 0 Å². The Morgan fingerprint density at radius 3 is 2.52 bits per heavy atom. The van der Waals surface area contributed by atoms with Crippen molar-refractivity contribution >= 4 is 6.21 Å². The largest absolute Gasteiger partial charge is 0.416 e. The highest BCUT2D eigenvalue weighted by atomic mass is 19.4. The molecule has 0 spiro atoms. The van der Waals surface area contributed by atoms with Gasteiger partial charge in [-0.05, 0) is 23.8 Å². The van der Waals surface area contributed by atoms with Crippen LogP contribution in [0.2, 0.25) is 0 Å². The molecule has 0 aromatic heterocycles. The molecule has 2 rings (SSSR count). The molecule has 0 heterocycles. The fourth-order valence-corrected chi connectivity index (χ4v) is 1.71. The lowest BCUT2D eigenvalue weighted by molar-refractivity contribution is -0.138. The fourth-order valence-electron chi connectivity index (χ4n) is 1.71. The summed E-state index contributed by atoms with van der Waals surface area (Å²) in [6.07, 6.45) is -3.20. The predicted molar refractivity (Wildman–Crippen MR) is 70.2 cm³/mol. The van der Waals surface area contributed by atoms with E-state index in [9.17, 15) is 17.6 Å². The Labute approximate surface area is 118 Å². The molecule has 0 amide bonds. The molecule has 0 saturated heterocycles. The van der Waals surface area contributed by atoms with Gasteiger partial charge in [0.15, 0.2) is 0 Å². The first-order valence-electron chi connectivity index (χ1n) is 6.03. The van der Waals surface area contributed by atoms with Gasteiger partial charge >= 0.3 is 6.18 Å². The van der Waals surface area contributed by atoms with Crippen LogP contribution in [0.3, 0.4) is 0 Å². The minimum absolute atomic E-state index is 0.0126. The van der Waals surface area contributed by atoms with Gasteiger partial charge in [0.05, 0.1) is 11.8 Å². The summed E-state index contributed by atoms with van der Waals surface area (Å²) in [5.41, 5.74) is -0.313. The van der Waals surface area contributed by atoms with Crippen LogP contribution in [0, 0.1) is 5.82 Å². The van der Waals surface area contributed by atoms with E-state index >= 15 is 0 Å². The van der Waals surface area contributed by atoms with Crippen molar-refractivity contribution in [3.8, 4) is 0 Å². The molecule has 2 nitrogen and oxygen atoms in total. The van der Waals surface area contributed by atoms with Crippen molar-refractivity contribution in [2.24, 2.45) is 5.16 Å². The van der Waals surface area contributed by atoms with Crippen LogP contribution in [0.25, 0.3) is 0 Å². The number of alkyl halides is 3. The van der Waals surface area contributed by atoms with E-state index in [1.165, 1.54) is 42.6 Å². The van der Waals surface area contributed by atoms with Crippen LogP contribution in [0.1, 0.15) is 16.7 Å². The molecule has 6 heteroatoms. The third-order valence-corrected chi connectivity index (χ3v) is 2.67. The quantitative estimate of drug-likeness (QED) is 0.466. The summed E-state index contributed by atoms with van der Waals surface area (Å²) in [6.45, 7) is -0.318. The third-order valence-electron chi connectivity index (χ3n) is 2.67. The van der Waals surface area contributed by atoms with Gasteiger partial charge in [-0.3, -0.25) is 0 Å². The summed E-state index contributed by atoms with van der Waals surface area (Å²) < 4.78 is 51.1. The molecule has 0 aliphatic heterocycles. The summed E-state index contributed by atoms with van der Waals surface area (Å²) in [6, 6.07) is 10.7. The minimum Gasteiger partial charge on any atom is -0.391 e. The number of oxime groups is 1. The summed E-state index contributed by atoms with van der Waals surface area (Å²) in [7, 11) is 0. The second-order valence-electron chi connectivity index (χ2n) is 4.22. The normalized spacial score (nSPS) is 11.8. The monoisotopic (exact) mass is 297 g/mol. The van der Waals surface area contributed by atoms with Crippen LogP contribution in [0.4, 0.5) is 17.6 Å². The molecular formula is C15H11F4NO. The Morgan fingerprint density at radius 2 is 1.81 bits per heavy atom. The van der Waals surface area contributed by atoms with Crippen LogP contribution in [0.15, 0.2) is 53.7 Å². The maximum absolute atomic E-state index is 12.9. The molecule has 21 heavy (non-hydrogen) atoms. The van der Waals surface area contributed by atoms with E-state index in [1.807, 2.05) is 0 Å². The maximum atomic E-state index is 12.9. The van der Waals surface area contributed by atoms with Gasteiger partial charge in [0.25, 0.3) is 0 Å². The molecule has 0 bridgehead atoms. The lowest BCUT2D eigenvalue weighted by Crippen LogP contribution is -2.09. The van der Waals surface area contributed by atoms with Crippen molar-refractivity contribution in [3.05, 3.63) is 71.0 Å². The Morgan fingerprint density at radius 1 is 1.05 bits per heavy atom. The van der Waals surface area contributed by atoms with Crippen molar-refractivity contribution in [1.82, 2.24) is 0 Å². The molecule has 0 N–H and O–H groups in total. The Bertz CT molecular complexity index is 638. The fraction of sp³-hybridized carbons (Fsp3) is 0.133. The number of hydrogen-bond acceptors (Lipinski definition) is 2. The molecule has 110 valence electrons. The Hall–Kier alpha value is -2.37. The van der Waals surface area contributed by atoms with E-state index in [4.69, 9.17) is 4.84 Å². The van der Waals surface area contributed by atoms with Gasteiger partial charge in [0.1, 0.15) is 12.4 Å². The summed E-state index contributed by atoms with van der Waals surface area (Å²) in [5, 5.41) is 3.54. The van der Waals surface area contributed by atoms with Crippen LogP contribution >= 0.6 is 0 Å². The SMILES string of the molecule is Fc1cccc(C=NOCc2ccccc2C(F)(F)F)c1. The topological polar surface area (TPSA) is 21.6 Å². The van der Waals surface area contributed by atoms with Gasteiger partial charge < -0.3 is 4.84 Å². The molecular weight excluding hydrogens is 286 g/mol. The van der Waals surface area contributed by atoms with Crippen LogP contribution in [-0.2, 0) is 17.6 Å². The van der Waals surface area contributed by atoms with E-state index in [2.05, 4.69) is 5.16 Å². The predicted octanol–water partition coefficient (Wildman–Crippen LogP) is 4.40. The van der Waals surface area contributed by atoms with Crippen LogP contribution in [0.5, 0.6) is 0 Å². The zero-order valence-electron chi connectivity index (χ0n) is 10.8. The Kier molecular flexibility index (Phi) is 4.57. The first-order valence-corrected chi connectivity index (χ1v) is 6.03. The molecule has 2 aromatic rings. The molecule has 0 atom stereocenters. The lowest BCUT2D eigenvalue weighted by Gasteiger charge is -2.11. The molecule has 2 aromatic carbocycles. The van der Waals surface area contributed by atoms with E-state index in [0.29, 0.717) is 5.56 Å². The zero-order valence-corrected chi connectivity index (χ0v) is 10.8. The molecule has 0 radical (unpaired) electrons. The summed E-state index contributed by atoms with van der Waals surface area (Å²) in [5.74, 6) is -0.429. The number of benzene rings is 2. The second kappa shape index (κ2) is 6.39. The second-order valence-corrected chi connectivity index (χ2v) is 4.22. The van der Waals surface area contributed by atoms with Gasteiger partial charge in [-0.15, -0.1) is 0 Å². The highest BCUT2D eigenvalue weighted by molar-refractivity contribution is 5.78. The molecule has 0 fully saturated rings. The van der Waals surface area contributed by atoms with Gasteiger partial charge in [0, 0.05) is 5.56 Å². The van der Waals surface area contributed by atoms with E-state index in [0.717, 1.165) is 6.07 Å². The first-order chi connectivity index (χ1) is 9.97. The van der Waals surface area contributed by atoms with Crippen molar-refractivity contribution < 1.29 is 22.4 Å². The molecule has 0 aliphatic carbocycles. The minimum atomic E-state index is -4.44. The number of halogens is 4. The number of nitrogens with zero attached hydrogens (tertiary/aromatic N) is 1. The van der Waals surface area contributed by atoms with Gasteiger partial charge in [0.2, 0.25) is 0 Å².